The number of hydrogen-bond donors (Lipinski definition) is 2. The zero-order chi connectivity index (χ0) is 21.3. The van der Waals surface area contributed by atoms with Gasteiger partial charge in [0.25, 0.3) is 11.8 Å². The maximum Gasteiger partial charge on any atom is 0.335 e. The molecule has 0 unspecified atom stereocenters. The van der Waals surface area contributed by atoms with Gasteiger partial charge in [-0.15, -0.1) is 0 Å². The molecular weight excluding hydrogens is 508 g/mol. The molecule has 0 radical (unpaired) electrons. The zero-order valence-corrected chi connectivity index (χ0v) is 18.6. The molecule has 4 amide bonds. The summed E-state index contributed by atoms with van der Waals surface area (Å²) in [6.07, 6.45) is 1.34. The summed E-state index contributed by atoms with van der Waals surface area (Å²) in [6.45, 7) is 3.92. The zero-order valence-electron chi connectivity index (χ0n) is 15.5. The molecule has 1 saturated heterocycles. The number of carbonyl (C=O) groups is 3. The lowest BCUT2D eigenvalue weighted by Gasteiger charge is -2.26. The molecular formula is C20H16Br2N2O5. The SMILES string of the molecule is CCOc1cc(/C=C2\C(=O)NC(=O)N(c3ccc(Br)c(C)c3)C2=O)c(Br)cc1O. The quantitative estimate of drug-likeness (QED) is 0.460. The van der Waals surface area contributed by atoms with E-state index in [0.29, 0.717) is 22.3 Å². The van der Waals surface area contributed by atoms with E-state index in [4.69, 9.17) is 4.74 Å². The number of phenolic OH excluding ortho intramolecular Hbond substituents is 1. The van der Waals surface area contributed by atoms with Crippen molar-refractivity contribution in [2.24, 2.45) is 0 Å². The summed E-state index contributed by atoms with van der Waals surface area (Å²) in [5.74, 6) is -1.42. The monoisotopic (exact) mass is 522 g/mol. The van der Waals surface area contributed by atoms with Gasteiger partial charge in [0, 0.05) is 8.95 Å². The molecule has 1 aliphatic heterocycles. The van der Waals surface area contributed by atoms with Crippen LogP contribution in [0.25, 0.3) is 6.08 Å². The third-order valence-corrected chi connectivity index (χ3v) is 5.76. The van der Waals surface area contributed by atoms with Crippen LogP contribution in [0.3, 0.4) is 0 Å². The highest BCUT2D eigenvalue weighted by Crippen LogP contribution is 2.34. The Hall–Kier alpha value is -2.65. The Morgan fingerprint density at radius 2 is 1.86 bits per heavy atom. The van der Waals surface area contributed by atoms with Gasteiger partial charge in [0.05, 0.1) is 12.3 Å². The number of nitrogens with one attached hydrogen (secondary N) is 1. The Labute approximate surface area is 183 Å². The molecule has 0 aromatic heterocycles. The van der Waals surface area contributed by atoms with Crippen molar-refractivity contribution < 1.29 is 24.2 Å². The van der Waals surface area contributed by atoms with Crippen molar-refractivity contribution in [3.8, 4) is 11.5 Å². The number of imide groups is 2. The Balaban J connectivity index is 2.06. The molecule has 0 saturated carbocycles. The summed E-state index contributed by atoms with van der Waals surface area (Å²) in [5, 5.41) is 12.1. The van der Waals surface area contributed by atoms with Crippen molar-refractivity contribution in [3.05, 3.63) is 56.0 Å². The lowest BCUT2D eigenvalue weighted by molar-refractivity contribution is -0.122. The fraction of sp³-hybridized carbons (Fsp3) is 0.150. The van der Waals surface area contributed by atoms with Crippen LogP contribution in [0.2, 0.25) is 0 Å². The molecule has 150 valence electrons. The molecule has 0 bridgehead atoms. The first-order chi connectivity index (χ1) is 13.7. The fourth-order valence-corrected chi connectivity index (χ4v) is 3.45. The molecule has 0 atom stereocenters. The van der Waals surface area contributed by atoms with E-state index >= 15 is 0 Å². The highest BCUT2D eigenvalue weighted by Gasteiger charge is 2.37. The minimum absolute atomic E-state index is 0.0811. The Bertz CT molecular complexity index is 1070. The van der Waals surface area contributed by atoms with Gasteiger partial charge in [0.1, 0.15) is 5.57 Å². The Morgan fingerprint density at radius 1 is 1.14 bits per heavy atom. The lowest BCUT2D eigenvalue weighted by Crippen LogP contribution is -2.54. The number of ether oxygens (including phenoxy) is 1. The molecule has 7 nitrogen and oxygen atoms in total. The van der Waals surface area contributed by atoms with Crippen molar-refractivity contribution in [3.63, 3.8) is 0 Å². The average Bonchev–Trinajstić information content (AvgIpc) is 2.65. The maximum atomic E-state index is 13.0. The predicted octanol–water partition coefficient (Wildman–Crippen LogP) is 4.29. The van der Waals surface area contributed by atoms with E-state index in [1.165, 1.54) is 18.2 Å². The number of phenols is 1. The minimum atomic E-state index is -0.821. The highest BCUT2D eigenvalue weighted by molar-refractivity contribution is 9.10. The van der Waals surface area contributed by atoms with Crippen LogP contribution in [0.1, 0.15) is 18.1 Å². The molecule has 2 N–H and O–H groups in total. The number of halogens is 2. The summed E-state index contributed by atoms with van der Waals surface area (Å²) in [5.41, 5.74) is 1.38. The van der Waals surface area contributed by atoms with Crippen molar-refractivity contribution in [1.82, 2.24) is 5.32 Å². The van der Waals surface area contributed by atoms with Gasteiger partial charge in [-0.2, -0.15) is 0 Å². The van der Waals surface area contributed by atoms with Gasteiger partial charge in [0.15, 0.2) is 11.5 Å². The number of nitrogens with zero attached hydrogens (tertiary/aromatic N) is 1. The summed E-state index contributed by atoms with van der Waals surface area (Å²) in [4.78, 5) is 38.6. The third-order valence-electron chi connectivity index (χ3n) is 4.18. The molecule has 1 heterocycles. The molecule has 0 aliphatic carbocycles. The van der Waals surface area contributed by atoms with E-state index in [0.717, 1.165) is 14.9 Å². The molecule has 1 aliphatic rings. The molecule has 9 heteroatoms. The van der Waals surface area contributed by atoms with Crippen molar-refractivity contribution >= 4 is 61.5 Å². The first kappa shape index (κ1) is 21.1. The van der Waals surface area contributed by atoms with E-state index < -0.39 is 17.8 Å². The summed E-state index contributed by atoms with van der Waals surface area (Å²) >= 11 is 6.68. The van der Waals surface area contributed by atoms with Gasteiger partial charge in [-0.05, 0) is 61.4 Å². The topological polar surface area (TPSA) is 95.9 Å². The molecule has 29 heavy (non-hydrogen) atoms. The van der Waals surface area contributed by atoms with Gasteiger partial charge in [-0.25, -0.2) is 9.69 Å². The molecule has 2 aromatic carbocycles. The summed E-state index contributed by atoms with van der Waals surface area (Å²) in [6, 6.07) is 7.07. The predicted molar refractivity (Wildman–Crippen MR) is 115 cm³/mol. The second kappa shape index (κ2) is 8.38. The first-order valence-electron chi connectivity index (χ1n) is 8.55. The number of aryl methyl sites for hydroxylation is 1. The molecule has 1 fully saturated rings. The van der Waals surface area contributed by atoms with Crippen LogP contribution in [-0.4, -0.2) is 29.6 Å². The Kier molecular flexibility index (Phi) is 6.09. The van der Waals surface area contributed by atoms with E-state index in [-0.39, 0.29) is 17.1 Å². The standard InChI is InChI=1S/C20H16Br2N2O5/c1-3-29-17-8-11(15(22)9-16(17)25)7-13-18(26)23-20(28)24(19(13)27)12-4-5-14(21)10(2)6-12/h4-9,25H,3H2,1-2H3,(H,23,26,28)/b13-7+. The Morgan fingerprint density at radius 3 is 2.52 bits per heavy atom. The van der Waals surface area contributed by atoms with Crippen LogP contribution < -0.4 is 15.0 Å². The first-order valence-corrected chi connectivity index (χ1v) is 10.1. The van der Waals surface area contributed by atoms with Crippen molar-refractivity contribution in [1.29, 1.82) is 0 Å². The number of barbiturate groups is 1. The second-order valence-corrected chi connectivity index (χ2v) is 7.87. The second-order valence-electron chi connectivity index (χ2n) is 6.17. The van der Waals surface area contributed by atoms with Crippen molar-refractivity contribution in [2.45, 2.75) is 13.8 Å². The number of carbonyl (C=O) groups excluding carboxylic acids is 3. The molecule has 0 spiro atoms. The summed E-state index contributed by atoms with van der Waals surface area (Å²) in [7, 11) is 0. The van der Waals surface area contributed by atoms with E-state index in [9.17, 15) is 19.5 Å². The highest BCUT2D eigenvalue weighted by atomic mass is 79.9. The van der Waals surface area contributed by atoms with Crippen LogP contribution in [0.5, 0.6) is 11.5 Å². The van der Waals surface area contributed by atoms with Crippen LogP contribution in [-0.2, 0) is 9.59 Å². The smallest absolute Gasteiger partial charge is 0.335 e. The van der Waals surface area contributed by atoms with Gasteiger partial charge in [-0.1, -0.05) is 31.9 Å². The molecule has 2 aromatic rings. The largest absolute Gasteiger partial charge is 0.504 e. The van der Waals surface area contributed by atoms with Crippen LogP contribution in [0.15, 0.2) is 44.9 Å². The number of hydrogen-bond acceptors (Lipinski definition) is 5. The number of rotatable bonds is 4. The van der Waals surface area contributed by atoms with E-state index in [1.807, 2.05) is 6.92 Å². The average molecular weight is 524 g/mol. The van der Waals surface area contributed by atoms with E-state index in [1.54, 1.807) is 25.1 Å². The normalized spacial score (nSPS) is 15.7. The van der Waals surface area contributed by atoms with Crippen LogP contribution in [0, 0.1) is 6.92 Å². The minimum Gasteiger partial charge on any atom is -0.504 e. The number of amides is 4. The van der Waals surface area contributed by atoms with E-state index in [2.05, 4.69) is 37.2 Å². The van der Waals surface area contributed by atoms with Gasteiger partial charge in [0.2, 0.25) is 0 Å². The van der Waals surface area contributed by atoms with Gasteiger partial charge >= 0.3 is 6.03 Å². The summed E-state index contributed by atoms with van der Waals surface area (Å²) < 4.78 is 6.63. The van der Waals surface area contributed by atoms with Gasteiger partial charge in [-0.3, -0.25) is 14.9 Å². The maximum absolute atomic E-state index is 13.0. The third kappa shape index (κ3) is 4.20. The number of anilines is 1. The van der Waals surface area contributed by atoms with Gasteiger partial charge < -0.3 is 9.84 Å². The fourth-order valence-electron chi connectivity index (χ4n) is 2.76. The lowest BCUT2D eigenvalue weighted by atomic mass is 10.1. The number of aromatic hydroxyl groups is 1. The van der Waals surface area contributed by atoms with Crippen molar-refractivity contribution in [2.75, 3.05) is 11.5 Å². The molecule has 3 rings (SSSR count). The number of benzene rings is 2. The van der Waals surface area contributed by atoms with Crippen LogP contribution >= 0.6 is 31.9 Å². The van der Waals surface area contributed by atoms with Crippen LogP contribution in [0.4, 0.5) is 10.5 Å². The number of urea groups is 1.